The fraction of sp³-hybridized carbons (Fsp3) is 0.259. The van der Waals surface area contributed by atoms with E-state index in [0.717, 1.165) is 29.9 Å². The van der Waals surface area contributed by atoms with Gasteiger partial charge in [-0.05, 0) is 41.5 Å². The summed E-state index contributed by atoms with van der Waals surface area (Å²) in [6.45, 7) is 3.29. The molecule has 0 amide bonds. The van der Waals surface area contributed by atoms with Crippen LogP contribution >= 0.6 is 11.8 Å². The molecule has 10 nitrogen and oxygen atoms in total. The van der Waals surface area contributed by atoms with Crippen LogP contribution in [0.15, 0.2) is 70.6 Å². The molecule has 6 rings (SSSR count). The molecule has 0 spiro atoms. The first kappa shape index (κ1) is 24.3. The highest BCUT2D eigenvalue weighted by Crippen LogP contribution is 2.33. The molecule has 1 fully saturated rings. The normalized spacial score (nSPS) is 14.7. The van der Waals surface area contributed by atoms with Crippen molar-refractivity contribution in [2.75, 3.05) is 38.0 Å². The Morgan fingerprint density at radius 2 is 1.82 bits per heavy atom. The number of hydrogen-bond acceptors (Lipinski definition) is 9. The molecular weight excluding hydrogens is 508 g/mol. The van der Waals surface area contributed by atoms with Gasteiger partial charge in [0.25, 0.3) is 11.2 Å². The summed E-state index contributed by atoms with van der Waals surface area (Å²) in [6, 6.07) is 17.9. The average molecular weight is 533 g/mol. The Kier molecular flexibility index (Phi) is 6.61. The molecule has 0 aliphatic carbocycles. The predicted molar refractivity (Wildman–Crippen MR) is 143 cm³/mol. The fourth-order valence-corrected chi connectivity index (χ4v) is 5.53. The second-order valence-electron chi connectivity index (χ2n) is 8.99. The lowest BCUT2D eigenvalue weighted by Crippen LogP contribution is -2.36. The summed E-state index contributed by atoms with van der Waals surface area (Å²) in [7, 11) is 0. The Morgan fingerprint density at radius 3 is 2.66 bits per heavy atom. The van der Waals surface area contributed by atoms with E-state index in [0.29, 0.717) is 46.5 Å². The van der Waals surface area contributed by atoms with Gasteiger partial charge in [0.2, 0.25) is 6.79 Å². The van der Waals surface area contributed by atoms with Gasteiger partial charge in [0.15, 0.2) is 16.7 Å². The maximum Gasteiger partial charge on any atom is 0.269 e. The number of nitro groups is 1. The highest BCUT2D eigenvalue weighted by Gasteiger charge is 2.18. The maximum atomic E-state index is 13.9. The largest absolute Gasteiger partial charge is 0.454 e. The van der Waals surface area contributed by atoms with Gasteiger partial charge in [-0.25, -0.2) is 4.98 Å². The molecule has 0 unspecified atom stereocenters. The molecule has 3 heterocycles. The number of aromatic nitrogens is 2. The second kappa shape index (κ2) is 10.3. The third-order valence-corrected chi connectivity index (χ3v) is 7.59. The molecule has 0 N–H and O–H groups in total. The number of ether oxygens (including phenoxy) is 3. The third kappa shape index (κ3) is 4.90. The molecule has 0 atom stereocenters. The number of nitro benzene ring substituents is 1. The summed E-state index contributed by atoms with van der Waals surface area (Å²) >= 11 is 1.37. The quantitative estimate of drug-likeness (QED) is 0.150. The van der Waals surface area contributed by atoms with Crippen LogP contribution in [0.2, 0.25) is 0 Å². The molecule has 0 bridgehead atoms. The number of non-ortho nitro benzene ring substituents is 1. The van der Waals surface area contributed by atoms with Crippen molar-refractivity contribution in [2.45, 2.75) is 17.5 Å². The standard InChI is InChI=1S/C27H24N4O6S/c32-26-22-14-20(29-8-10-35-11-9-29)5-6-23(22)28-27(38-16-19-2-1-3-21(12-19)31(33)34)30(26)15-18-4-7-24-25(13-18)37-17-36-24/h1-7,12-14H,8-11,15-17H2. The lowest BCUT2D eigenvalue weighted by molar-refractivity contribution is -0.384. The van der Waals surface area contributed by atoms with Crippen LogP contribution in [0.5, 0.6) is 11.5 Å². The lowest BCUT2D eigenvalue weighted by Gasteiger charge is -2.29. The molecule has 11 heteroatoms. The topological polar surface area (TPSA) is 109 Å². The summed E-state index contributed by atoms with van der Waals surface area (Å²) in [5, 5.41) is 12.3. The predicted octanol–water partition coefficient (Wildman–Crippen LogP) is 4.21. The summed E-state index contributed by atoms with van der Waals surface area (Å²) in [5.41, 5.74) is 3.10. The van der Waals surface area contributed by atoms with Gasteiger partial charge in [-0.15, -0.1) is 0 Å². The minimum atomic E-state index is -0.413. The first-order valence-electron chi connectivity index (χ1n) is 12.2. The van der Waals surface area contributed by atoms with Crippen molar-refractivity contribution in [1.29, 1.82) is 0 Å². The number of benzene rings is 3. The molecule has 2 aliphatic rings. The number of morpholine rings is 1. The molecule has 3 aromatic carbocycles. The van der Waals surface area contributed by atoms with Crippen LogP contribution in [0.25, 0.3) is 10.9 Å². The smallest absolute Gasteiger partial charge is 0.269 e. The number of rotatable bonds is 7. The molecule has 1 aromatic heterocycles. The van der Waals surface area contributed by atoms with Gasteiger partial charge < -0.3 is 19.1 Å². The van der Waals surface area contributed by atoms with Gasteiger partial charge in [0, 0.05) is 36.7 Å². The van der Waals surface area contributed by atoms with E-state index in [1.807, 2.05) is 42.5 Å². The zero-order chi connectivity index (χ0) is 26.1. The van der Waals surface area contributed by atoms with E-state index in [2.05, 4.69) is 4.90 Å². The Hall–Kier alpha value is -4.09. The van der Waals surface area contributed by atoms with Crippen LogP contribution < -0.4 is 19.9 Å². The second-order valence-corrected chi connectivity index (χ2v) is 9.93. The minimum absolute atomic E-state index is 0.0305. The zero-order valence-electron chi connectivity index (χ0n) is 20.4. The summed E-state index contributed by atoms with van der Waals surface area (Å²) in [6.07, 6.45) is 0. The maximum absolute atomic E-state index is 13.9. The first-order chi connectivity index (χ1) is 18.5. The Labute approximate surface area is 221 Å². The molecule has 2 aliphatic heterocycles. The number of fused-ring (bicyclic) bond motifs is 2. The van der Waals surface area contributed by atoms with E-state index < -0.39 is 4.92 Å². The number of thioether (sulfide) groups is 1. The van der Waals surface area contributed by atoms with E-state index in [1.165, 1.54) is 17.8 Å². The van der Waals surface area contributed by atoms with Crippen LogP contribution in [-0.2, 0) is 17.0 Å². The Bertz CT molecular complexity index is 1580. The average Bonchev–Trinajstić information content (AvgIpc) is 3.42. The highest BCUT2D eigenvalue weighted by atomic mass is 32.2. The molecule has 38 heavy (non-hydrogen) atoms. The van der Waals surface area contributed by atoms with Gasteiger partial charge in [0.1, 0.15) is 0 Å². The molecule has 0 saturated carbocycles. The highest BCUT2D eigenvalue weighted by molar-refractivity contribution is 7.98. The van der Waals surface area contributed by atoms with E-state index in [1.54, 1.807) is 16.7 Å². The van der Waals surface area contributed by atoms with Crippen molar-refractivity contribution in [3.8, 4) is 11.5 Å². The van der Waals surface area contributed by atoms with Crippen molar-refractivity contribution >= 4 is 34.0 Å². The van der Waals surface area contributed by atoms with Gasteiger partial charge >= 0.3 is 0 Å². The molecule has 0 radical (unpaired) electrons. The summed E-state index contributed by atoms with van der Waals surface area (Å²) in [5.74, 6) is 1.74. The van der Waals surface area contributed by atoms with Crippen LogP contribution in [0.1, 0.15) is 11.1 Å². The van der Waals surface area contributed by atoms with Crippen molar-refractivity contribution in [2.24, 2.45) is 0 Å². The van der Waals surface area contributed by atoms with Crippen molar-refractivity contribution in [3.05, 3.63) is 92.3 Å². The van der Waals surface area contributed by atoms with E-state index in [4.69, 9.17) is 19.2 Å². The van der Waals surface area contributed by atoms with Crippen molar-refractivity contribution in [3.63, 3.8) is 0 Å². The van der Waals surface area contributed by atoms with Crippen LogP contribution in [0, 0.1) is 10.1 Å². The number of nitrogens with zero attached hydrogens (tertiary/aromatic N) is 4. The van der Waals surface area contributed by atoms with Crippen LogP contribution in [-0.4, -0.2) is 47.6 Å². The molecule has 194 valence electrons. The molecule has 4 aromatic rings. The Morgan fingerprint density at radius 1 is 0.974 bits per heavy atom. The van der Waals surface area contributed by atoms with Crippen molar-refractivity contribution < 1.29 is 19.1 Å². The van der Waals surface area contributed by atoms with Crippen LogP contribution in [0.4, 0.5) is 11.4 Å². The SMILES string of the molecule is O=c1c2cc(N3CCOCC3)ccc2nc(SCc2cccc([N+](=O)[O-])c2)n1Cc1ccc2c(c1)OCO2. The first-order valence-corrected chi connectivity index (χ1v) is 13.2. The fourth-order valence-electron chi connectivity index (χ4n) is 4.59. The summed E-state index contributed by atoms with van der Waals surface area (Å²) in [4.78, 5) is 31.8. The van der Waals surface area contributed by atoms with Gasteiger partial charge in [0.05, 0.1) is 35.6 Å². The van der Waals surface area contributed by atoms with Crippen molar-refractivity contribution in [1.82, 2.24) is 9.55 Å². The van der Waals surface area contributed by atoms with Gasteiger partial charge in [-0.1, -0.05) is 30.0 Å². The Balaban J connectivity index is 1.38. The van der Waals surface area contributed by atoms with E-state index in [-0.39, 0.29) is 24.6 Å². The minimum Gasteiger partial charge on any atom is -0.454 e. The van der Waals surface area contributed by atoms with Crippen LogP contribution in [0.3, 0.4) is 0 Å². The zero-order valence-corrected chi connectivity index (χ0v) is 21.2. The van der Waals surface area contributed by atoms with E-state index in [9.17, 15) is 14.9 Å². The number of hydrogen-bond donors (Lipinski definition) is 0. The number of anilines is 1. The lowest BCUT2D eigenvalue weighted by atomic mass is 10.1. The van der Waals surface area contributed by atoms with Gasteiger partial charge in [-0.2, -0.15) is 0 Å². The molecule has 1 saturated heterocycles. The van der Waals surface area contributed by atoms with E-state index >= 15 is 0 Å². The summed E-state index contributed by atoms with van der Waals surface area (Å²) < 4.78 is 18.1. The molecular formula is C27H24N4O6S. The third-order valence-electron chi connectivity index (χ3n) is 6.55. The monoisotopic (exact) mass is 532 g/mol. The van der Waals surface area contributed by atoms with Gasteiger partial charge in [-0.3, -0.25) is 19.5 Å².